The molecule has 0 bridgehead atoms. The predicted octanol–water partition coefficient (Wildman–Crippen LogP) is 0.794. The Hall–Kier alpha value is -0.535. The molecule has 2 N–H and O–H groups in total. The summed E-state index contributed by atoms with van der Waals surface area (Å²) in [5.74, 6) is 3.42. The molecule has 0 saturated carbocycles. The van der Waals surface area contributed by atoms with E-state index in [-0.39, 0.29) is 6.92 Å². The monoisotopic (exact) mass is 139 g/mol. The van der Waals surface area contributed by atoms with Crippen molar-refractivity contribution in [3.63, 3.8) is 0 Å². The number of hydrogen-bond donors (Lipinski definition) is 1. The third-order valence-corrected chi connectivity index (χ3v) is 1.12. The smallest absolute Gasteiger partial charge is 0.345 e. The fraction of sp³-hybridized carbons (Fsp3) is 0.429. The van der Waals surface area contributed by atoms with Crippen LogP contribution in [0.2, 0.25) is 0 Å². The summed E-state index contributed by atoms with van der Waals surface area (Å²) >= 11 is 0. The minimum atomic E-state index is -0.0217. The maximum Gasteiger partial charge on any atom is 0.345 e. The van der Waals surface area contributed by atoms with Crippen molar-refractivity contribution in [3.8, 4) is 0 Å². The first-order valence-corrected chi connectivity index (χ1v) is 3.42. The van der Waals surface area contributed by atoms with Crippen molar-refractivity contribution in [2.75, 3.05) is 13.2 Å². The summed E-state index contributed by atoms with van der Waals surface area (Å²) in [5.41, 5.74) is 5.27. The Labute approximate surface area is 62.9 Å². The van der Waals surface area contributed by atoms with E-state index in [1.54, 1.807) is 12.0 Å². The van der Waals surface area contributed by atoms with Gasteiger partial charge in [0.25, 0.3) is 0 Å². The zero-order valence-electron chi connectivity index (χ0n) is 6.25. The van der Waals surface area contributed by atoms with Crippen LogP contribution in [0.15, 0.2) is 25.1 Å². The summed E-state index contributed by atoms with van der Waals surface area (Å²) in [4.78, 5) is 0. The van der Waals surface area contributed by atoms with Gasteiger partial charge in [-0.2, -0.15) is 0 Å². The van der Waals surface area contributed by atoms with Gasteiger partial charge >= 0.3 is 6.92 Å². The van der Waals surface area contributed by atoms with Gasteiger partial charge in [0, 0.05) is 6.61 Å². The van der Waals surface area contributed by atoms with Crippen molar-refractivity contribution in [2.24, 2.45) is 5.73 Å². The van der Waals surface area contributed by atoms with E-state index in [0.29, 0.717) is 13.2 Å². The van der Waals surface area contributed by atoms with E-state index >= 15 is 0 Å². The molecule has 0 rings (SSSR count). The van der Waals surface area contributed by atoms with Crippen LogP contribution in [-0.2, 0) is 4.65 Å². The minimum Gasteiger partial charge on any atom is -0.428 e. The fourth-order valence-corrected chi connectivity index (χ4v) is 0.535. The van der Waals surface area contributed by atoms with E-state index in [4.69, 9.17) is 10.4 Å². The van der Waals surface area contributed by atoms with Gasteiger partial charge in [0.05, 0.1) is 0 Å². The quantitative estimate of drug-likeness (QED) is 0.436. The lowest BCUT2D eigenvalue weighted by Crippen LogP contribution is -2.14. The Morgan fingerprint density at radius 2 is 2.00 bits per heavy atom. The zero-order chi connectivity index (χ0) is 7.82. The highest BCUT2D eigenvalue weighted by Crippen LogP contribution is 1.89. The highest BCUT2D eigenvalue weighted by atomic mass is 16.4. The molecule has 0 aromatic carbocycles. The second-order valence-corrected chi connectivity index (χ2v) is 1.95. The van der Waals surface area contributed by atoms with E-state index in [1.165, 1.54) is 0 Å². The van der Waals surface area contributed by atoms with Gasteiger partial charge in [-0.25, -0.2) is 0 Å². The summed E-state index contributed by atoms with van der Waals surface area (Å²) in [6, 6.07) is 0. The van der Waals surface area contributed by atoms with Gasteiger partial charge in [-0.1, -0.05) is 12.0 Å². The molecular formula is C7H14BNO. The first-order chi connectivity index (χ1) is 4.85. The van der Waals surface area contributed by atoms with E-state index in [0.717, 1.165) is 6.42 Å². The molecule has 10 heavy (non-hydrogen) atoms. The Kier molecular flexibility index (Phi) is 6.23. The molecule has 0 atom stereocenters. The van der Waals surface area contributed by atoms with Crippen LogP contribution in [-0.4, -0.2) is 20.1 Å². The third kappa shape index (κ3) is 4.35. The highest BCUT2D eigenvalue weighted by molar-refractivity contribution is 6.62. The van der Waals surface area contributed by atoms with Gasteiger partial charge in [-0.3, -0.25) is 0 Å². The van der Waals surface area contributed by atoms with E-state index in [2.05, 4.69) is 13.2 Å². The maximum atomic E-state index is 5.27. The molecule has 0 fully saturated rings. The lowest BCUT2D eigenvalue weighted by Gasteiger charge is -2.03. The lowest BCUT2D eigenvalue weighted by molar-refractivity contribution is 0.327. The van der Waals surface area contributed by atoms with Crippen molar-refractivity contribution >= 4 is 6.92 Å². The van der Waals surface area contributed by atoms with Gasteiger partial charge in [-0.05, 0) is 13.0 Å². The number of nitrogens with two attached hydrogens (primary N) is 1. The van der Waals surface area contributed by atoms with E-state index in [9.17, 15) is 0 Å². The van der Waals surface area contributed by atoms with Crippen molar-refractivity contribution in [1.82, 2.24) is 0 Å². The standard InChI is InChI=1S/C7H14BNO/c1-3-8(4-2)10-7-5-6-9/h3-4H,1-2,5-7,9H2. The Morgan fingerprint density at radius 1 is 1.40 bits per heavy atom. The molecule has 0 saturated heterocycles. The van der Waals surface area contributed by atoms with Crippen LogP contribution in [0.1, 0.15) is 6.42 Å². The molecule has 0 aromatic heterocycles. The Bertz CT molecular complexity index is 97.8. The summed E-state index contributed by atoms with van der Waals surface area (Å²) in [7, 11) is 0. The molecule has 56 valence electrons. The van der Waals surface area contributed by atoms with Crippen LogP contribution in [0.25, 0.3) is 0 Å². The lowest BCUT2D eigenvalue weighted by atomic mass is 9.69. The van der Waals surface area contributed by atoms with Crippen LogP contribution in [0.4, 0.5) is 0 Å². The molecule has 0 aromatic rings. The molecule has 3 heteroatoms. The zero-order valence-corrected chi connectivity index (χ0v) is 6.25. The largest absolute Gasteiger partial charge is 0.428 e. The predicted molar refractivity (Wildman–Crippen MR) is 45.8 cm³/mol. The topological polar surface area (TPSA) is 35.2 Å². The van der Waals surface area contributed by atoms with Crippen LogP contribution in [0.5, 0.6) is 0 Å². The molecule has 0 unspecified atom stereocenters. The molecule has 0 aliphatic carbocycles. The molecule has 0 radical (unpaired) electrons. The van der Waals surface area contributed by atoms with Gasteiger partial charge in [0.1, 0.15) is 0 Å². The second-order valence-electron chi connectivity index (χ2n) is 1.95. The maximum absolute atomic E-state index is 5.27. The van der Waals surface area contributed by atoms with E-state index in [1.807, 2.05) is 0 Å². The van der Waals surface area contributed by atoms with Crippen LogP contribution < -0.4 is 5.73 Å². The Balaban J connectivity index is 3.25. The minimum absolute atomic E-state index is 0.0217. The fourth-order valence-electron chi connectivity index (χ4n) is 0.535. The van der Waals surface area contributed by atoms with Gasteiger partial charge < -0.3 is 10.4 Å². The normalized spacial score (nSPS) is 8.90. The Morgan fingerprint density at radius 3 is 2.40 bits per heavy atom. The average Bonchev–Trinajstić information content (AvgIpc) is 1.99. The molecule has 0 aliphatic heterocycles. The van der Waals surface area contributed by atoms with Crippen LogP contribution in [0, 0.1) is 0 Å². The third-order valence-electron chi connectivity index (χ3n) is 1.12. The first-order valence-electron chi connectivity index (χ1n) is 3.42. The molecule has 0 amide bonds. The van der Waals surface area contributed by atoms with Crippen molar-refractivity contribution < 1.29 is 4.65 Å². The second kappa shape index (κ2) is 6.58. The van der Waals surface area contributed by atoms with Crippen LogP contribution in [0.3, 0.4) is 0 Å². The molecule has 0 spiro atoms. The molecule has 0 aliphatic rings. The summed E-state index contributed by atoms with van der Waals surface area (Å²) in [6.45, 7) is 8.49. The highest BCUT2D eigenvalue weighted by Gasteiger charge is 2.02. The molecule has 0 heterocycles. The van der Waals surface area contributed by atoms with Gasteiger partial charge in [0.2, 0.25) is 0 Å². The van der Waals surface area contributed by atoms with Gasteiger partial charge in [-0.15, -0.1) is 13.2 Å². The summed E-state index contributed by atoms with van der Waals surface area (Å²) < 4.78 is 5.26. The molecule has 2 nitrogen and oxygen atoms in total. The van der Waals surface area contributed by atoms with Crippen molar-refractivity contribution in [3.05, 3.63) is 25.1 Å². The number of hydrogen-bond acceptors (Lipinski definition) is 2. The summed E-state index contributed by atoms with van der Waals surface area (Å²) in [5, 5.41) is 0. The molecular weight excluding hydrogens is 125 g/mol. The first kappa shape index (κ1) is 9.46. The van der Waals surface area contributed by atoms with Crippen molar-refractivity contribution in [1.29, 1.82) is 0 Å². The van der Waals surface area contributed by atoms with E-state index < -0.39 is 0 Å². The van der Waals surface area contributed by atoms with Gasteiger partial charge in [0.15, 0.2) is 0 Å². The van der Waals surface area contributed by atoms with Crippen LogP contribution >= 0.6 is 0 Å². The van der Waals surface area contributed by atoms with Crippen molar-refractivity contribution in [2.45, 2.75) is 6.42 Å². The average molecular weight is 139 g/mol. The SMILES string of the molecule is C=CB(C=C)OCCCN. The number of rotatable bonds is 6. The summed E-state index contributed by atoms with van der Waals surface area (Å²) in [6.07, 6.45) is 0.887.